The highest BCUT2D eigenvalue weighted by molar-refractivity contribution is 6.17. The standard InChI is InChI=1S/C14H14F3N3O2.ClH/c15-14(16,17)9-2-1-3-10(8-9)20-12(22)19-11(21)13(20)4-6-18-7-5-13;/h1-3,8,18H,4-7H2,(H,19,21,22);1H. The summed E-state index contributed by atoms with van der Waals surface area (Å²) in [5.41, 5.74) is -1.87. The molecule has 2 aliphatic heterocycles. The molecule has 2 fully saturated rings. The second-order valence-corrected chi connectivity index (χ2v) is 5.42. The van der Waals surface area contributed by atoms with Crippen molar-refractivity contribution in [3.8, 4) is 0 Å². The van der Waals surface area contributed by atoms with Gasteiger partial charge in [-0.1, -0.05) is 6.07 Å². The third kappa shape index (κ3) is 2.88. The molecule has 5 nitrogen and oxygen atoms in total. The van der Waals surface area contributed by atoms with Gasteiger partial charge in [-0.05, 0) is 44.1 Å². The van der Waals surface area contributed by atoms with Gasteiger partial charge >= 0.3 is 12.2 Å². The minimum absolute atomic E-state index is 0. The molecule has 2 saturated heterocycles. The molecule has 0 saturated carbocycles. The van der Waals surface area contributed by atoms with Gasteiger partial charge in [-0.25, -0.2) is 4.79 Å². The van der Waals surface area contributed by atoms with Crippen molar-refractivity contribution in [2.45, 2.75) is 24.6 Å². The lowest BCUT2D eigenvalue weighted by molar-refractivity contribution is -0.137. The Morgan fingerprint density at radius 3 is 2.39 bits per heavy atom. The van der Waals surface area contributed by atoms with Gasteiger partial charge in [-0.15, -0.1) is 12.4 Å². The van der Waals surface area contributed by atoms with E-state index < -0.39 is 29.2 Å². The topological polar surface area (TPSA) is 61.4 Å². The number of alkyl halides is 3. The van der Waals surface area contributed by atoms with Gasteiger partial charge in [0.15, 0.2) is 0 Å². The zero-order chi connectivity index (χ0) is 16.0. The molecule has 0 aromatic heterocycles. The summed E-state index contributed by atoms with van der Waals surface area (Å²) < 4.78 is 38.6. The lowest BCUT2D eigenvalue weighted by atomic mass is 9.86. The number of halogens is 4. The van der Waals surface area contributed by atoms with Crippen LogP contribution in [0.1, 0.15) is 18.4 Å². The highest BCUT2D eigenvalue weighted by Crippen LogP contribution is 2.38. The Morgan fingerprint density at radius 1 is 1.13 bits per heavy atom. The molecule has 1 aromatic carbocycles. The minimum atomic E-state index is -4.50. The molecule has 2 heterocycles. The summed E-state index contributed by atoms with van der Waals surface area (Å²) in [7, 11) is 0. The number of hydrogen-bond donors (Lipinski definition) is 2. The molecule has 1 spiro atoms. The number of piperidine rings is 1. The normalized spacial score (nSPS) is 20.4. The number of nitrogens with one attached hydrogen (secondary N) is 2. The first-order valence-corrected chi connectivity index (χ1v) is 6.88. The lowest BCUT2D eigenvalue weighted by Crippen LogP contribution is -2.56. The number of urea groups is 1. The van der Waals surface area contributed by atoms with Crippen LogP contribution < -0.4 is 15.5 Å². The Bertz CT molecular complexity index is 630. The molecule has 2 N–H and O–H groups in total. The molecule has 0 atom stereocenters. The summed E-state index contributed by atoms with van der Waals surface area (Å²) in [4.78, 5) is 25.5. The van der Waals surface area contributed by atoms with Crippen molar-refractivity contribution in [1.82, 2.24) is 10.6 Å². The summed E-state index contributed by atoms with van der Waals surface area (Å²) in [6.07, 6.45) is -3.78. The van der Waals surface area contributed by atoms with E-state index in [1.54, 1.807) is 0 Å². The van der Waals surface area contributed by atoms with E-state index >= 15 is 0 Å². The van der Waals surface area contributed by atoms with E-state index in [0.29, 0.717) is 25.9 Å². The second kappa shape index (κ2) is 6.01. The third-order valence-corrected chi connectivity index (χ3v) is 4.14. The maximum atomic E-state index is 12.9. The zero-order valence-corrected chi connectivity index (χ0v) is 12.8. The molecule has 3 amide bonds. The number of nitrogens with zero attached hydrogens (tertiary/aromatic N) is 1. The van der Waals surface area contributed by atoms with Gasteiger partial charge < -0.3 is 5.32 Å². The highest BCUT2D eigenvalue weighted by Gasteiger charge is 2.54. The van der Waals surface area contributed by atoms with E-state index in [2.05, 4.69) is 10.6 Å². The molecule has 2 aliphatic rings. The molecule has 23 heavy (non-hydrogen) atoms. The minimum Gasteiger partial charge on any atom is -0.317 e. The fraction of sp³-hybridized carbons (Fsp3) is 0.429. The molecule has 3 rings (SSSR count). The molecule has 1 aromatic rings. The Balaban J connectivity index is 0.00000192. The molecule has 0 unspecified atom stereocenters. The predicted molar refractivity (Wildman–Crippen MR) is 79.5 cm³/mol. The quantitative estimate of drug-likeness (QED) is 0.765. The summed E-state index contributed by atoms with van der Waals surface area (Å²) in [6.45, 7) is 1.05. The molecular weight excluding hydrogens is 335 g/mol. The van der Waals surface area contributed by atoms with Crippen LogP contribution in [0.2, 0.25) is 0 Å². The molecule has 9 heteroatoms. The molecular formula is C14H15ClF3N3O2. The van der Waals surface area contributed by atoms with Crippen LogP contribution in [0.25, 0.3) is 0 Å². The van der Waals surface area contributed by atoms with Gasteiger partial charge in [0.25, 0.3) is 5.91 Å². The van der Waals surface area contributed by atoms with E-state index in [1.807, 2.05) is 0 Å². The van der Waals surface area contributed by atoms with Crippen LogP contribution in [0.3, 0.4) is 0 Å². The molecule has 0 bridgehead atoms. The van der Waals surface area contributed by atoms with Crippen LogP contribution in [0.15, 0.2) is 24.3 Å². The molecule has 0 radical (unpaired) electrons. The van der Waals surface area contributed by atoms with Gasteiger partial charge in [0, 0.05) is 5.69 Å². The zero-order valence-electron chi connectivity index (χ0n) is 11.9. The van der Waals surface area contributed by atoms with Crippen molar-refractivity contribution in [1.29, 1.82) is 0 Å². The fourth-order valence-corrected chi connectivity index (χ4v) is 3.04. The van der Waals surface area contributed by atoms with Crippen LogP contribution in [0, 0.1) is 0 Å². The van der Waals surface area contributed by atoms with Crippen molar-refractivity contribution in [2.75, 3.05) is 18.0 Å². The van der Waals surface area contributed by atoms with Gasteiger partial charge in [-0.2, -0.15) is 13.2 Å². The SMILES string of the molecule is Cl.O=C1NC(=O)C2(CCNCC2)N1c1cccc(C(F)(F)F)c1. The van der Waals surface area contributed by atoms with Crippen molar-refractivity contribution in [3.63, 3.8) is 0 Å². The van der Waals surface area contributed by atoms with E-state index in [0.717, 1.165) is 12.1 Å². The van der Waals surface area contributed by atoms with Crippen LogP contribution in [-0.2, 0) is 11.0 Å². The maximum Gasteiger partial charge on any atom is 0.416 e. The summed E-state index contributed by atoms with van der Waals surface area (Å²) >= 11 is 0. The lowest BCUT2D eigenvalue weighted by Gasteiger charge is -2.38. The molecule has 126 valence electrons. The average Bonchev–Trinajstić information content (AvgIpc) is 2.70. The largest absolute Gasteiger partial charge is 0.416 e. The highest BCUT2D eigenvalue weighted by atomic mass is 35.5. The number of hydrogen-bond acceptors (Lipinski definition) is 3. The van der Waals surface area contributed by atoms with E-state index in [9.17, 15) is 22.8 Å². The first-order chi connectivity index (χ1) is 10.3. The summed E-state index contributed by atoms with van der Waals surface area (Å²) in [5.74, 6) is -0.448. The fourth-order valence-electron chi connectivity index (χ4n) is 3.04. The van der Waals surface area contributed by atoms with Crippen LogP contribution in [0.4, 0.5) is 23.7 Å². The van der Waals surface area contributed by atoms with Gasteiger partial charge in [0.2, 0.25) is 0 Å². The van der Waals surface area contributed by atoms with E-state index in [-0.39, 0.29) is 18.1 Å². The van der Waals surface area contributed by atoms with Crippen molar-refractivity contribution >= 4 is 30.0 Å². The number of imide groups is 1. The number of anilines is 1. The number of benzene rings is 1. The van der Waals surface area contributed by atoms with Crippen molar-refractivity contribution in [3.05, 3.63) is 29.8 Å². The Morgan fingerprint density at radius 2 is 1.78 bits per heavy atom. The van der Waals surface area contributed by atoms with Gasteiger partial charge in [0.1, 0.15) is 5.54 Å². The number of rotatable bonds is 1. The Kier molecular flexibility index (Phi) is 4.59. The van der Waals surface area contributed by atoms with E-state index in [4.69, 9.17) is 0 Å². The Labute approximate surface area is 136 Å². The average molecular weight is 350 g/mol. The van der Waals surface area contributed by atoms with Gasteiger partial charge in [-0.3, -0.25) is 15.0 Å². The maximum absolute atomic E-state index is 12.9. The summed E-state index contributed by atoms with van der Waals surface area (Å²) in [6, 6.07) is 3.82. The van der Waals surface area contributed by atoms with E-state index in [1.165, 1.54) is 17.0 Å². The van der Waals surface area contributed by atoms with Crippen LogP contribution in [-0.4, -0.2) is 30.6 Å². The first kappa shape index (κ1) is 17.6. The Hall–Kier alpha value is -1.80. The van der Waals surface area contributed by atoms with Crippen LogP contribution in [0.5, 0.6) is 0 Å². The molecule has 0 aliphatic carbocycles. The summed E-state index contributed by atoms with van der Waals surface area (Å²) in [5, 5.41) is 5.30. The second-order valence-electron chi connectivity index (χ2n) is 5.42. The number of carbonyl (C=O) groups is 2. The van der Waals surface area contributed by atoms with Crippen LogP contribution >= 0.6 is 12.4 Å². The van der Waals surface area contributed by atoms with Crippen molar-refractivity contribution in [2.24, 2.45) is 0 Å². The number of carbonyl (C=O) groups excluding carboxylic acids is 2. The predicted octanol–water partition coefficient (Wildman–Crippen LogP) is 2.31. The van der Waals surface area contributed by atoms with Gasteiger partial charge in [0.05, 0.1) is 5.56 Å². The third-order valence-electron chi connectivity index (χ3n) is 4.14. The smallest absolute Gasteiger partial charge is 0.317 e. The number of amides is 3. The monoisotopic (exact) mass is 349 g/mol. The van der Waals surface area contributed by atoms with Crippen molar-refractivity contribution < 1.29 is 22.8 Å². The first-order valence-electron chi connectivity index (χ1n) is 6.88.